The van der Waals surface area contributed by atoms with Crippen molar-refractivity contribution in [2.75, 3.05) is 0 Å². The third-order valence-electron chi connectivity index (χ3n) is 2.57. The molecule has 1 amide bonds. The molecule has 0 atom stereocenters. The molecule has 0 unspecified atom stereocenters. The first kappa shape index (κ1) is 11.9. The van der Waals surface area contributed by atoms with Gasteiger partial charge >= 0.3 is 0 Å². The molecule has 90 valence electrons. The van der Waals surface area contributed by atoms with E-state index in [0.717, 1.165) is 5.56 Å². The number of benzene rings is 2. The zero-order valence-corrected chi connectivity index (χ0v) is 9.58. The molecule has 0 saturated carbocycles. The predicted octanol–water partition coefficient (Wildman–Crippen LogP) is 2.01. The normalized spacial score (nSPS) is 11.2. The van der Waals surface area contributed by atoms with Crippen LogP contribution in [-0.2, 0) is 0 Å². The number of hydrogen-bond acceptors (Lipinski definition) is 3. The quantitative estimate of drug-likeness (QED) is 0.489. The van der Waals surface area contributed by atoms with E-state index in [1.165, 1.54) is 0 Å². The third-order valence-corrected chi connectivity index (χ3v) is 2.57. The van der Waals surface area contributed by atoms with Gasteiger partial charge in [-0.3, -0.25) is 4.79 Å². The Kier molecular flexibility index (Phi) is 3.38. The third kappa shape index (κ3) is 2.38. The molecular formula is C14H12N2O2. The van der Waals surface area contributed by atoms with Gasteiger partial charge in [0.2, 0.25) is 5.91 Å². The highest BCUT2D eigenvalue weighted by Crippen LogP contribution is 2.12. The van der Waals surface area contributed by atoms with Crippen molar-refractivity contribution in [3.63, 3.8) is 0 Å². The van der Waals surface area contributed by atoms with Gasteiger partial charge in [0.1, 0.15) is 5.71 Å². The van der Waals surface area contributed by atoms with E-state index in [-0.39, 0.29) is 0 Å². The van der Waals surface area contributed by atoms with Gasteiger partial charge in [-0.2, -0.15) is 0 Å². The van der Waals surface area contributed by atoms with Crippen molar-refractivity contribution in [1.29, 1.82) is 0 Å². The van der Waals surface area contributed by atoms with Crippen LogP contribution < -0.4 is 5.73 Å². The van der Waals surface area contributed by atoms with E-state index in [1.54, 1.807) is 24.3 Å². The van der Waals surface area contributed by atoms with Crippen LogP contribution in [0.5, 0.6) is 0 Å². The molecule has 4 nitrogen and oxygen atoms in total. The standard InChI is InChI=1S/C14H12N2O2/c15-14(17)12-8-4-7-11(9-12)13(16-18)10-5-2-1-3-6-10/h1-9,18H,(H2,15,17)/b16-13-. The van der Waals surface area contributed by atoms with Gasteiger partial charge in [-0.1, -0.05) is 47.6 Å². The lowest BCUT2D eigenvalue weighted by atomic mass is 10.0. The van der Waals surface area contributed by atoms with Gasteiger partial charge in [-0.05, 0) is 12.1 Å². The highest BCUT2D eigenvalue weighted by molar-refractivity contribution is 6.13. The number of carbonyl (C=O) groups is 1. The minimum Gasteiger partial charge on any atom is -0.410 e. The molecule has 3 N–H and O–H groups in total. The molecule has 2 aromatic carbocycles. The fraction of sp³-hybridized carbons (Fsp3) is 0. The number of nitrogens with zero attached hydrogens (tertiary/aromatic N) is 1. The largest absolute Gasteiger partial charge is 0.410 e. The summed E-state index contributed by atoms with van der Waals surface area (Å²) in [6.07, 6.45) is 0. The lowest BCUT2D eigenvalue weighted by molar-refractivity contribution is 0.100. The molecule has 0 aliphatic heterocycles. The number of nitrogens with two attached hydrogens (primary N) is 1. The van der Waals surface area contributed by atoms with E-state index >= 15 is 0 Å². The SMILES string of the molecule is NC(=O)c1cccc(/C(=N\O)c2ccccc2)c1. The van der Waals surface area contributed by atoms with E-state index < -0.39 is 5.91 Å². The number of carbonyl (C=O) groups excluding carboxylic acids is 1. The number of hydrogen-bond donors (Lipinski definition) is 2. The number of rotatable bonds is 3. The molecular weight excluding hydrogens is 228 g/mol. The molecule has 0 heterocycles. The topological polar surface area (TPSA) is 75.7 Å². The summed E-state index contributed by atoms with van der Waals surface area (Å²) in [6, 6.07) is 15.9. The molecule has 0 bridgehead atoms. The maximum Gasteiger partial charge on any atom is 0.248 e. The summed E-state index contributed by atoms with van der Waals surface area (Å²) in [5, 5.41) is 12.4. The Labute approximate surface area is 104 Å². The Morgan fingerprint density at radius 1 is 0.944 bits per heavy atom. The molecule has 0 aliphatic rings. The van der Waals surface area contributed by atoms with E-state index in [2.05, 4.69) is 5.16 Å². The highest BCUT2D eigenvalue weighted by atomic mass is 16.4. The Morgan fingerprint density at radius 2 is 1.56 bits per heavy atom. The fourth-order valence-electron chi connectivity index (χ4n) is 1.70. The molecule has 0 aromatic heterocycles. The van der Waals surface area contributed by atoms with Crippen molar-refractivity contribution < 1.29 is 10.0 Å². The zero-order chi connectivity index (χ0) is 13.0. The van der Waals surface area contributed by atoms with Gasteiger partial charge in [0.25, 0.3) is 0 Å². The van der Waals surface area contributed by atoms with E-state index in [4.69, 9.17) is 10.9 Å². The summed E-state index contributed by atoms with van der Waals surface area (Å²) >= 11 is 0. The van der Waals surface area contributed by atoms with Crippen molar-refractivity contribution in [3.8, 4) is 0 Å². The number of amides is 1. The molecule has 0 spiro atoms. The summed E-state index contributed by atoms with van der Waals surface area (Å²) < 4.78 is 0. The molecule has 2 rings (SSSR count). The molecule has 0 fully saturated rings. The van der Waals surface area contributed by atoms with Crippen molar-refractivity contribution in [1.82, 2.24) is 0 Å². The monoisotopic (exact) mass is 240 g/mol. The second-order valence-electron chi connectivity index (χ2n) is 3.76. The maximum absolute atomic E-state index is 11.1. The molecule has 18 heavy (non-hydrogen) atoms. The van der Waals surface area contributed by atoms with Crippen LogP contribution in [0.1, 0.15) is 21.5 Å². The average molecular weight is 240 g/mol. The van der Waals surface area contributed by atoms with Gasteiger partial charge in [0, 0.05) is 16.7 Å². The van der Waals surface area contributed by atoms with Gasteiger partial charge in [-0.25, -0.2) is 0 Å². The minimum atomic E-state index is -0.512. The van der Waals surface area contributed by atoms with Gasteiger partial charge < -0.3 is 10.9 Å². The second kappa shape index (κ2) is 5.14. The smallest absolute Gasteiger partial charge is 0.248 e. The average Bonchev–Trinajstić information content (AvgIpc) is 2.41. The van der Waals surface area contributed by atoms with Crippen LogP contribution in [0.3, 0.4) is 0 Å². The first-order valence-electron chi connectivity index (χ1n) is 5.40. The molecule has 0 radical (unpaired) electrons. The fourth-order valence-corrected chi connectivity index (χ4v) is 1.70. The predicted molar refractivity (Wildman–Crippen MR) is 68.8 cm³/mol. The van der Waals surface area contributed by atoms with Crippen molar-refractivity contribution in [2.24, 2.45) is 10.9 Å². The number of oxime groups is 1. The van der Waals surface area contributed by atoms with Crippen LogP contribution >= 0.6 is 0 Å². The highest BCUT2D eigenvalue weighted by Gasteiger charge is 2.09. The van der Waals surface area contributed by atoms with Crippen LogP contribution in [0, 0.1) is 0 Å². The summed E-state index contributed by atoms with van der Waals surface area (Å²) in [7, 11) is 0. The molecule has 4 heteroatoms. The van der Waals surface area contributed by atoms with Crippen molar-refractivity contribution in [3.05, 3.63) is 71.3 Å². The Morgan fingerprint density at radius 3 is 2.17 bits per heavy atom. The van der Waals surface area contributed by atoms with Crippen molar-refractivity contribution in [2.45, 2.75) is 0 Å². The van der Waals surface area contributed by atoms with Gasteiger partial charge in [0.15, 0.2) is 0 Å². The van der Waals surface area contributed by atoms with Gasteiger partial charge in [0.05, 0.1) is 0 Å². The first-order valence-corrected chi connectivity index (χ1v) is 5.40. The zero-order valence-electron chi connectivity index (χ0n) is 9.58. The Hall–Kier alpha value is -2.62. The summed E-state index contributed by atoms with van der Waals surface area (Å²) in [5.74, 6) is -0.512. The second-order valence-corrected chi connectivity index (χ2v) is 3.76. The van der Waals surface area contributed by atoms with E-state index in [9.17, 15) is 4.79 Å². The molecule has 0 aliphatic carbocycles. The molecule has 2 aromatic rings. The number of primary amides is 1. The van der Waals surface area contributed by atoms with Crippen molar-refractivity contribution >= 4 is 11.6 Å². The van der Waals surface area contributed by atoms with Crippen LogP contribution in [0.4, 0.5) is 0 Å². The van der Waals surface area contributed by atoms with Crippen LogP contribution in [0.15, 0.2) is 59.8 Å². The van der Waals surface area contributed by atoms with Crippen LogP contribution in [0.2, 0.25) is 0 Å². The van der Waals surface area contributed by atoms with E-state index in [1.807, 2.05) is 30.3 Å². The maximum atomic E-state index is 11.1. The molecule has 0 saturated heterocycles. The van der Waals surface area contributed by atoms with E-state index in [0.29, 0.717) is 16.8 Å². The minimum absolute atomic E-state index is 0.379. The summed E-state index contributed by atoms with van der Waals surface area (Å²) in [6.45, 7) is 0. The Bertz CT molecular complexity index is 592. The lowest BCUT2D eigenvalue weighted by Crippen LogP contribution is -2.12. The summed E-state index contributed by atoms with van der Waals surface area (Å²) in [5.41, 5.74) is 7.41. The van der Waals surface area contributed by atoms with Gasteiger partial charge in [-0.15, -0.1) is 0 Å². The lowest BCUT2D eigenvalue weighted by Gasteiger charge is -2.05. The van der Waals surface area contributed by atoms with Crippen LogP contribution in [0.25, 0.3) is 0 Å². The van der Waals surface area contributed by atoms with Crippen LogP contribution in [-0.4, -0.2) is 16.8 Å². The first-order chi connectivity index (χ1) is 8.72. The summed E-state index contributed by atoms with van der Waals surface area (Å²) in [4.78, 5) is 11.1. The Balaban J connectivity index is 2.47.